The lowest BCUT2D eigenvalue weighted by Gasteiger charge is -2.10. The Morgan fingerprint density at radius 3 is 1.73 bits per heavy atom. The van der Waals surface area contributed by atoms with Crippen molar-refractivity contribution >= 4 is 11.9 Å². The molecule has 0 aromatic heterocycles. The predicted octanol–water partition coefficient (Wildman–Crippen LogP) is 6.53. The van der Waals surface area contributed by atoms with Gasteiger partial charge in [-0.3, -0.25) is 4.79 Å². The molecule has 0 aliphatic heterocycles. The molecule has 0 saturated carbocycles. The number of carbonyl (C=O) groups excluding carboxylic acids is 1. The summed E-state index contributed by atoms with van der Waals surface area (Å²) in [5, 5.41) is 7.60. The van der Waals surface area contributed by atoms with E-state index in [1.807, 2.05) is 6.92 Å². The summed E-state index contributed by atoms with van der Waals surface area (Å²) in [4.78, 5) is 20.9. The highest BCUT2D eigenvalue weighted by molar-refractivity contribution is 5.78. The molecule has 4 nitrogen and oxygen atoms in total. The Kier molecular flexibility index (Phi) is 22.5. The SMILES string of the molecule is C=CC(=O)O.CCCCCCCCCCCCOC(=O)C(C)CCCC. The molecule has 26 heavy (non-hydrogen) atoms. The minimum atomic E-state index is -0.981. The van der Waals surface area contributed by atoms with Crippen LogP contribution in [0.5, 0.6) is 0 Å². The zero-order chi connectivity index (χ0) is 20.0. The van der Waals surface area contributed by atoms with Crippen LogP contribution in [0.3, 0.4) is 0 Å². The monoisotopic (exact) mass is 370 g/mol. The van der Waals surface area contributed by atoms with E-state index in [4.69, 9.17) is 9.84 Å². The second kappa shape index (κ2) is 21.7. The summed E-state index contributed by atoms with van der Waals surface area (Å²) in [6, 6.07) is 0. The molecular weight excluding hydrogens is 328 g/mol. The Bertz CT molecular complexity index is 339. The third-order valence-electron chi connectivity index (χ3n) is 4.31. The molecule has 0 rings (SSSR count). The standard InChI is InChI=1S/C19H38O2.C3H4O2/c1-4-6-8-9-10-11-12-13-14-15-17-21-19(20)18(3)16-7-5-2;1-2-3(4)5/h18H,4-17H2,1-3H3;2H,1H2,(H,4,5). The summed E-state index contributed by atoms with van der Waals surface area (Å²) in [6.45, 7) is 9.98. The largest absolute Gasteiger partial charge is 0.478 e. The number of aliphatic carboxylic acids is 1. The second-order valence-corrected chi connectivity index (χ2v) is 6.94. The summed E-state index contributed by atoms with van der Waals surface area (Å²) in [7, 11) is 0. The van der Waals surface area contributed by atoms with Crippen LogP contribution in [0.15, 0.2) is 12.7 Å². The number of ether oxygens (including phenoxy) is 1. The second-order valence-electron chi connectivity index (χ2n) is 6.94. The molecule has 0 fully saturated rings. The molecule has 0 heterocycles. The third-order valence-corrected chi connectivity index (χ3v) is 4.31. The van der Waals surface area contributed by atoms with Gasteiger partial charge in [-0.15, -0.1) is 0 Å². The smallest absolute Gasteiger partial charge is 0.327 e. The van der Waals surface area contributed by atoms with E-state index in [1.54, 1.807) is 0 Å². The van der Waals surface area contributed by atoms with Crippen molar-refractivity contribution in [2.45, 2.75) is 104 Å². The molecule has 4 heteroatoms. The maximum atomic E-state index is 11.7. The van der Waals surface area contributed by atoms with Gasteiger partial charge in [0, 0.05) is 6.08 Å². The van der Waals surface area contributed by atoms with E-state index in [9.17, 15) is 9.59 Å². The number of esters is 1. The first-order valence-electron chi connectivity index (χ1n) is 10.5. The van der Waals surface area contributed by atoms with Gasteiger partial charge in [0.1, 0.15) is 0 Å². The highest BCUT2D eigenvalue weighted by Crippen LogP contribution is 2.12. The summed E-state index contributed by atoms with van der Waals surface area (Å²) < 4.78 is 5.33. The molecule has 0 spiro atoms. The molecule has 1 N–H and O–H groups in total. The molecule has 0 aliphatic rings. The topological polar surface area (TPSA) is 63.6 Å². The number of rotatable bonds is 16. The van der Waals surface area contributed by atoms with Gasteiger partial charge in [0.2, 0.25) is 0 Å². The van der Waals surface area contributed by atoms with Crippen LogP contribution in [0.2, 0.25) is 0 Å². The normalized spacial score (nSPS) is 11.2. The lowest BCUT2D eigenvalue weighted by Crippen LogP contribution is -2.15. The van der Waals surface area contributed by atoms with Gasteiger partial charge in [-0.1, -0.05) is 98.0 Å². The Morgan fingerprint density at radius 2 is 1.31 bits per heavy atom. The van der Waals surface area contributed by atoms with Gasteiger partial charge < -0.3 is 9.84 Å². The fraction of sp³-hybridized carbons (Fsp3) is 0.818. The average molecular weight is 371 g/mol. The highest BCUT2D eigenvalue weighted by Gasteiger charge is 2.12. The Morgan fingerprint density at radius 1 is 0.885 bits per heavy atom. The van der Waals surface area contributed by atoms with Crippen LogP contribution in [0.25, 0.3) is 0 Å². The molecule has 0 saturated heterocycles. The van der Waals surface area contributed by atoms with Crippen LogP contribution >= 0.6 is 0 Å². The van der Waals surface area contributed by atoms with Crippen molar-refractivity contribution in [1.29, 1.82) is 0 Å². The fourth-order valence-electron chi connectivity index (χ4n) is 2.53. The van der Waals surface area contributed by atoms with Crippen molar-refractivity contribution in [2.24, 2.45) is 5.92 Å². The molecule has 0 radical (unpaired) electrons. The van der Waals surface area contributed by atoms with Crippen LogP contribution in [0.4, 0.5) is 0 Å². The minimum Gasteiger partial charge on any atom is -0.478 e. The lowest BCUT2D eigenvalue weighted by atomic mass is 10.1. The van der Waals surface area contributed by atoms with Crippen LogP contribution in [0, 0.1) is 5.92 Å². The van der Waals surface area contributed by atoms with E-state index < -0.39 is 5.97 Å². The number of hydrogen-bond donors (Lipinski definition) is 1. The molecular formula is C22H42O4. The maximum Gasteiger partial charge on any atom is 0.327 e. The van der Waals surface area contributed by atoms with Crippen LogP contribution in [0.1, 0.15) is 104 Å². The fourth-order valence-corrected chi connectivity index (χ4v) is 2.53. The van der Waals surface area contributed by atoms with Gasteiger partial charge >= 0.3 is 11.9 Å². The zero-order valence-electron chi connectivity index (χ0n) is 17.4. The molecule has 1 unspecified atom stereocenters. The van der Waals surface area contributed by atoms with Crippen molar-refractivity contribution in [1.82, 2.24) is 0 Å². The first kappa shape index (κ1) is 26.9. The van der Waals surface area contributed by atoms with Gasteiger partial charge in [0.25, 0.3) is 0 Å². The Balaban J connectivity index is 0. The number of carboxylic acids is 1. The number of carbonyl (C=O) groups is 2. The van der Waals surface area contributed by atoms with E-state index in [2.05, 4.69) is 20.4 Å². The minimum absolute atomic E-state index is 0.000579. The molecule has 0 amide bonds. The van der Waals surface area contributed by atoms with Gasteiger partial charge in [0.05, 0.1) is 12.5 Å². The molecule has 0 aromatic rings. The number of unbranched alkanes of at least 4 members (excludes halogenated alkanes) is 10. The van der Waals surface area contributed by atoms with E-state index in [0.717, 1.165) is 31.8 Å². The first-order chi connectivity index (χ1) is 12.5. The van der Waals surface area contributed by atoms with E-state index in [1.165, 1.54) is 57.8 Å². The summed E-state index contributed by atoms with van der Waals surface area (Å²) in [5.41, 5.74) is 0. The van der Waals surface area contributed by atoms with E-state index >= 15 is 0 Å². The number of carboxylic acid groups (broad SMARTS) is 1. The van der Waals surface area contributed by atoms with Crippen molar-refractivity contribution in [3.8, 4) is 0 Å². The van der Waals surface area contributed by atoms with Crippen molar-refractivity contribution in [3.63, 3.8) is 0 Å². The molecule has 0 aromatic carbocycles. The Labute approximate surface area is 161 Å². The molecule has 1 atom stereocenters. The highest BCUT2D eigenvalue weighted by atomic mass is 16.5. The maximum absolute atomic E-state index is 11.7. The van der Waals surface area contributed by atoms with Gasteiger partial charge in [0.15, 0.2) is 0 Å². The number of hydrogen-bond acceptors (Lipinski definition) is 3. The predicted molar refractivity (Wildman–Crippen MR) is 109 cm³/mol. The van der Waals surface area contributed by atoms with Gasteiger partial charge in [-0.2, -0.15) is 0 Å². The van der Waals surface area contributed by atoms with Crippen molar-refractivity contribution < 1.29 is 19.4 Å². The summed E-state index contributed by atoms with van der Waals surface area (Å²) in [6.07, 6.45) is 17.2. The van der Waals surface area contributed by atoms with E-state index in [0.29, 0.717) is 6.61 Å². The summed E-state index contributed by atoms with van der Waals surface area (Å²) in [5.74, 6) is -0.905. The van der Waals surface area contributed by atoms with Crippen molar-refractivity contribution in [2.75, 3.05) is 6.61 Å². The van der Waals surface area contributed by atoms with E-state index in [-0.39, 0.29) is 11.9 Å². The van der Waals surface area contributed by atoms with Crippen LogP contribution in [-0.4, -0.2) is 23.7 Å². The quantitative estimate of drug-likeness (QED) is 0.190. The zero-order valence-corrected chi connectivity index (χ0v) is 17.4. The Hall–Kier alpha value is -1.32. The van der Waals surface area contributed by atoms with Crippen LogP contribution in [-0.2, 0) is 14.3 Å². The molecule has 0 aliphatic carbocycles. The molecule has 0 bridgehead atoms. The lowest BCUT2D eigenvalue weighted by molar-refractivity contribution is -0.148. The third kappa shape index (κ3) is 22.7. The van der Waals surface area contributed by atoms with Crippen LogP contribution < -0.4 is 0 Å². The summed E-state index contributed by atoms with van der Waals surface area (Å²) >= 11 is 0. The van der Waals surface area contributed by atoms with Crippen molar-refractivity contribution in [3.05, 3.63) is 12.7 Å². The van der Waals surface area contributed by atoms with Gasteiger partial charge in [-0.05, 0) is 12.8 Å². The molecule has 154 valence electrons. The first-order valence-corrected chi connectivity index (χ1v) is 10.5. The van der Waals surface area contributed by atoms with Gasteiger partial charge in [-0.25, -0.2) is 4.79 Å². The average Bonchev–Trinajstić information content (AvgIpc) is 2.64.